The molecule has 0 bridgehead atoms. The average Bonchev–Trinajstić information content (AvgIpc) is 2.90. The predicted octanol–water partition coefficient (Wildman–Crippen LogP) is 2.16. The van der Waals surface area contributed by atoms with Crippen LogP contribution in [0.4, 0.5) is 10.5 Å². The Hall–Kier alpha value is -2.04. The first-order valence-electron chi connectivity index (χ1n) is 7.04. The Bertz CT molecular complexity index is 502. The molecule has 1 aromatic rings. The second-order valence-electron chi connectivity index (χ2n) is 5.03. The van der Waals surface area contributed by atoms with Gasteiger partial charge in [0.2, 0.25) is 5.91 Å². The number of carbonyl (C=O) groups excluding carboxylic acids is 2. The lowest BCUT2D eigenvalue weighted by Gasteiger charge is -2.18. The minimum atomic E-state index is -0.299. The molecule has 0 aliphatic carbocycles. The van der Waals surface area contributed by atoms with Crippen LogP contribution in [0.25, 0.3) is 0 Å². The molecule has 3 amide bonds. The molecule has 1 aromatic carbocycles. The van der Waals surface area contributed by atoms with E-state index in [0.717, 1.165) is 12.1 Å². The summed E-state index contributed by atoms with van der Waals surface area (Å²) >= 11 is 0. The van der Waals surface area contributed by atoms with Crippen molar-refractivity contribution in [3.05, 3.63) is 29.8 Å². The topological polar surface area (TPSA) is 61.4 Å². The number of imide groups is 1. The number of para-hydroxylation sites is 1. The van der Waals surface area contributed by atoms with Crippen LogP contribution in [0.2, 0.25) is 0 Å². The Balaban J connectivity index is 2.00. The highest BCUT2D eigenvalue weighted by atomic mass is 16.2. The summed E-state index contributed by atoms with van der Waals surface area (Å²) in [6.45, 7) is 5.43. The molecule has 1 fully saturated rings. The van der Waals surface area contributed by atoms with Crippen LogP contribution in [0.5, 0.6) is 0 Å². The predicted molar refractivity (Wildman–Crippen MR) is 78.7 cm³/mol. The van der Waals surface area contributed by atoms with Crippen LogP contribution < -0.4 is 10.6 Å². The van der Waals surface area contributed by atoms with Crippen LogP contribution in [0, 0.1) is 0 Å². The minimum absolute atomic E-state index is 0.140. The summed E-state index contributed by atoms with van der Waals surface area (Å²) in [5.74, 6) is 0.239. The molecule has 2 N–H and O–H groups in total. The van der Waals surface area contributed by atoms with E-state index in [0.29, 0.717) is 19.0 Å². The number of amides is 3. The number of rotatable bonds is 5. The first-order valence-corrected chi connectivity index (χ1v) is 7.04. The molecule has 0 radical (unpaired) electrons. The zero-order valence-corrected chi connectivity index (χ0v) is 12.0. The molecular formula is C15H21N3O2. The third-order valence-electron chi connectivity index (χ3n) is 3.69. The van der Waals surface area contributed by atoms with Crippen molar-refractivity contribution < 1.29 is 9.59 Å². The third kappa shape index (κ3) is 3.10. The van der Waals surface area contributed by atoms with Crippen molar-refractivity contribution in [1.29, 1.82) is 0 Å². The second-order valence-corrected chi connectivity index (χ2v) is 5.03. The maximum Gasteiger partial charge on any atom is 0.324 e. The van der Waals surface area contributed by atoms with Crippen LogP contribution >= 0.6 is 0 Å². The van der Waals surface area contributed by atoms with Crippen molar-refractivity contribution >= 4 is 17.6 Å². The summed E-state index contributed by atoms with van der Waals surface area (Å²) in [5.41, 5.74) is 2.17. The summed E-state index contributed by atoms with van der Waals surface area (Å²) in [7, 11) is 0. The number of anilines is 1. The lowest BCUT2D eigenvalue weighted by atomic mass is 9.97. The van der Waals surface area contributed by atoms with Gasteiger partial charge in [0.1, 0.15) is 0 Å². The van der Waals surface area contributed by atoms with Gasteiger partial charge in [-0.1, -0.05) is 32.0 Å². The van der Waals surface area contributed by atoms with Gasteiger partial charge in [0.05, 0.1) is 6.54 Å². The maximum atomic E-state index is 12.0. The monoisotopic (exact) mass is 275 g/mol. The first-order chi connectivity index (χ1) is 9.63. The number of nitrogens with zero attached hydrogens (tertiary/aromatic N) is 1. The van der Waals surface area contributed by atoms with Crippen molar-refractivity contribution in [3.63, 3.8) is 0 Å². The summed E-state index contributed by atoms with van der Waals surface area (Å²) in [6.07, 6.45) is 1.04. The smallest absolute Gasteiger partial charge is 0.324 e. The molecule has 1 unspecified atom stereocenters. The first kappa shape index (κ1) is 14.4. The molecular weight excluding hydrogens is 254 g/mol. The molecule has 1 aliphatic heterocycles. The van der Waals surface area contributed by atoms with E-state index in [1.165, 1.54) is 10.5 Å². The molecule has 1 aliphatic rings. The Kier molecular flexibility index (Phi) is 4.61. The number of hydrogen-bond donors (Lipinski definition) is 2. The van der Waals surface area contributed by atoms with Gasteiger partial charge in [-0.05, 0) is 24.0 Å². The van der Waals surface area contributed by atoms with E-state index in [9.17, 15) is 9.59 Å². The van der Waals surface area contributed by atoms with Crippen molar-refractivity contribution in [3.8, 4) is 0 Å². The van der Waals surface area contributed by atoms with Gasteiger partial charge in [-0.25, -0.2) is 4.79 Å². The SMILES string of the molecule is CCC(C)c1ccccc1NCC(=O)N1CCNC1=O. The number of benzene rings is 1. The molecule has 0 aromatic heterocycles. The Morgan fingerprint density at radius 3 is 2.85 bits per heavy atom. The van der Waals surface area contributed by atoms with Gasteiger partial charge >= 0.3 is 6.03 Å². The van der Waals surface area contributed by atoms with Crippen molar-refractivity contribution in [2.45, 2.75) is 26.2 Å². The molecule has 1 saturated heterocycles. The van der Waals surface area contributed by atoms with Gasteiger partial charge in [-0.2, -0.15) is 0 Å². The number of carbonyl (C=O) groups is 2. The highest BCUT2D eigenvalue weighted by Gasteiger charge is 2.25. The van der Waals surface area contributed by atoms with E-state index in [-0.39, 0.29) is 18.5 Å². The van der Waals surface area contributed by atoms with Gasteiger partial charge in [0.15, 0.2) is 0 Å². The lowest BCUT2D eigenvalue weighted by Crippen LogP contribution is -2.38. The molecule has 2 rings (SSSR count). The Morgan fingerprint density at radius 1 is 1.45 bits per heavy atom. The van der Waals surface area contributed by atoms with Gasteiger partial charge in [-0.15, -0.1) is 0 Å². The highest BCUT2D eigenvalue weighted by Crippen LogP contribution is 2.26. The normalized spacial score (nSPS) is 15.9. The summed E-state index contributed by atoms with van der Waals surface area (Å²) < 4.78 is 0. The largest absolute Gasteiger partial charge is 0.376 e. The molecule has 1 atom stereocenters. The van der Waals surface area contributed by atoms with E-state index in [1.54, 1.807) is 0 Å². The van der Waals surface area contributed by atoms with Crippen LogP contribution in [-0.2, 0) is 4.79 Å². The number of hydrogen-bond acceptors (Lipinski definition) is 3. The van der Waals surface area contributed by atoms with E-state index < -0.39 is 0 Å². The quantitative estimate of drug-likeness (QED) is 0.865. The van der Waals surface area contributed by atoms with Crippen LogP contribution in [0.1, 0.15) is 31.7 Å². The lowest BCUT2D eigenvalue weighted by molar-refractivity contribution is -0.125. The van der Waals surface area contributed by atoms with Crippen LogP contribution in [-0.4, -0.2) is 36.5 Å². The third-order valence-corrected chi connectivity index (χ3v) is 3.69. The van der Waals surface area contributed by atoms with Gasteiger partial charge in [0, 0.05) is 18.8 Å². The minimum Gasteiger partial charge on any atom is -0.376 e. The fourth-order valence-electron chi connectivity index (χ4n) is 2.28. The molecule has 1 heterocycles. The molecule has 0 saturated carbocycles. The van der Waals surface area contributed by atoms with E-state index in [2.05, 4.69) is 30.5 Å². The van der Waals surface area contributed by atoms with E-state index in [4.69, 9.17) is 0 Å². The maximum absolute atomic E-state index is 12.0. The van der Waals surface area contributed by atoms with Crippen LogP contribution in [0.15, 0.2) is 24.3 Å². The van der Waals surface area contributed by atoms with Crippen LogP contribution in [0.3, 0.4) is 0 Å². The van der Waals surface area contributed by atoms with E-state index >= 15 is 0 Å². The zero-order valence-electron chi connectivity index (χ0n) is 12.0. The van der Waals surface area contributed by atoms with Crippen molar-refractivity contribution in [2.75, 3.05) is 25.0 Å². The Labute approximate surface area is 119 Å². The zero-order chi connectivity index (χ0) is 14.5. The number of urea groups is 1. The van der Waals surface area contributed by atoms with E-state index in [1.807, 2.05) is 18.2 Å². The van der Waals surface area contributed by atoms with Gasteiger partial charge in [-0.3, -0.25) is 9.69 Å². The Morgan fingerprint density at radius 2 is 2.20 bits per heavy atom. The van der Waals surface area contributed by atoms with Gasteiger partial charge < -0.3 is 10.6 Å². The summed E-state index contributed by atoms with van der Waals surface area (Å²) in [4.78, 5) is 24.6. The second kappa shape index (κ2) is 6.41. The summed E-state index contributed by atoms with van der Waals surface area (Å²) in [5, 5.41) is 5.78. The highest BCUT2D eigenvalue weighted by molar-refractivity contribution is 5.97. The summed E-state index contributed by atoms with van der Waals surface area (Å²) in [6, 6.07) is 7.69. The van der Waals surface area contributed by atoms with Crippen molar-refractivity contribution in [2.24, 2.45) is 0 Å². The van der Waals surface area contributed by atoms with Gasteiger partial charge in [0.25, 0.3) is 0 Å². The fraction of sp³-hybridized carbons (Fsp3) is 0.467. The standard InChI is InChI=1S/C15H21N3O2/c1-3-11(2)12-6-4-5-7-13(12)17-10-14(19)18-9-8-16-15(18)20/h4-7,11,17H,3,8-10H2,1-2H3,(H,16,20). The molecule has 108 valence electrons. The van der Waals surface area contributed by atoms with Crippen molar-refractivity contribution in [1.82, 2.24) is 10.2 Å². The fourth-order valence-corrected chi connectivity index (χ4v) is 2.28. The molecule has 5 nitrogen and oxygen atoms in total. The molecule has 20 heavy (non-hydrogen) atoms. The molecule has 0 spiro atoms. The number of nitrogens with one attached hydrogen (secondary N) is 2. The molecule has 5 heteroatoms. The average molecular weight is 275 g/mol.